The monoisotopic (exact) mass is 204 g/mol. The maximum atomic E-state index is 8.53. The number of rotatable bonds is 4. The lowest BCUT2D eigenvalue weighted by molar-refractivity contribution is 0.121. The van der Waals surface area contributed by atoms with Crippen LogP contribution in [0.25, 0.3) is 0 Å². The molecule has 0 saturated heterocycles. The fraction of sp³-hybridized carbons (Fsp3) is 0.385. The van der Waals surface area contributed by atoms with Gasteiger partial charge in [0, 0.05) is 12.2 Å². The Balaban J connectivity index is 2.49. The first-order valence-corrected chi connectivity index (χ1v) is 5.13. The van der Waals surface area contributed by atoms with E-state index >= 15 is 0 Å². The molecule has 1 aromatic rings. The first-order chi connectivity index (χ1) is 7.36. The molecule has 2 heteroatoms. The quantitative estimate of drug-likeness (QED) is 0.600. The van der Waals surface area contributed by atoms with Crippen LogP contribution in [0.5, 0.6) is 0 Å². The van der Waals surface area contributed by atoms with Crippen LogP contribution in [0.1, 0.15) is 24.5 Å². The van der Waals surface area contributed by atoms with Crippen LogP contribution in [0.4, 0.5) is 0 Å². The van der Waals surface area contributed by atoms with Gasteiger partial charge in [-0.2, -0.15) is 0 Å². The molecule has 0 aromatic heterocycles. The summed E-state index contributed by atoms with van der Waals surface area (Å²) < 4.78 is 5.41. The van der Waals surface area contributed by atoms with Crippen molar-refractivity contribution in [1.29, 1.82) is 0 Å². The van der Waals surface area contributed by atoms with Crippen LogP contribution in [0.15, 0.2) is 24.3 Å². The normalized spacial score (nSPS) is 9.47. The molecule has 0 radical (unpaired) electrons. The van der Waals surface area contributed by atoms with Gasteiger partial charge in [-0.15, -0.1) is 0 Å². The Morgan fingerprint density at radius 1 is 1.27 bits per heavy atom. The van der Waals surface area contributed by atoms with Crippen molar-refractivity contribution in [2.24, 2.45) is 0 Å². The Hall–Kier alpha value is -1.30. The minimum atomic E-state index is -0.0959. The fourth-order valence-electron chi connectivity index (χ4n) is 1.16. The van der Waals surface area contributed by atoms with Gasteiger partial charge in [-0.05, 0) is 24.1 Å². The maximum absolute atomic E-state index is 8.53. The van der Waals surface area contributed by atoms with E-state index in [1.54, 1.807) is 0 Å². The predicted octanol–water partition coefficient (Wildman–Crippen LogP) is 1.96. The Morgan fingerprint density at radius 2 is 2.00 bits per heavy atom. The smallest absolute Gasteiger partial charge is 0.104 e. The van der Waals surface area contributed by atoms with Crippen LogP contribution in [-0.4, -0.2) is 18.3 Å². The second-order valence-electron chi connectivity index (χ2n) is 3.21. The Morgan fingerprint density at radius 3 is 2.60 bits per heavy atom. The lowest BCUT2D eigenvalue weighted by atomic mass is 10.1. The third kappa shape index (κ3) is 4.64. The van der Waals surface area contributed by atoms with Gasteiger partial charge in [0.1, 0.15) is 6.61 Å². The van der Waals surface area contributed by atoms with E-state index in [2.05, 4.69) is 18.8 Å². The van der Waals surface area contributed by atoms with Crippen molar-refractivity contribution in [1.82, 2.24) is 0 Å². The summed E-state index contributed by atoms with van der Waals surface area (Å²) in [6, 6.07) is 7.87. The topological polar surface area (TPSA) is 29.5 Å². The van der Waals surface area contributed by atoms with Crippen LogP contribution in [0, 0.1) is 11.8 Å². The summed E-state index contributed by atoms with van der Waals surface area (Å²) in [4.78, 5) is 0. The summed E-state index contributed by atoms with van der Waals surface area (Å²) >= 11 is 0. The van der Waals surface area contributed by atoms with E-state index in [-0.39, 0.29) is 6.61 Å². The largest absolute Gasteiger partial charge is 0.384 e. The van der Waals surface area contributed by atoms with E-state index in [1.165, 1.54) is 0 Å². The molecule has 0 bridgehead atoms. The van der Waals surface area contributed by atoms with Gasteiger partial charge in [0.2, 0.25) is 0 Å². The summed E-state index contributed by atoms with van der Waals surface area (Å²) in [5.41, 5.74) is 2.07. The summed E-state index contributed by atoms with van der Waals surface area (Å²) in [6.45, 7) is 3.45. The number of hydrogen-bond acceptors (Lipinski definition) is 2. The van der Waals surface area contributed by atoms with E-state index < -0.39 is 0 Å². The predicted molar refractivity (Wildman–Crippen MR) is 60.4 cm³/mol. The van der Waals surface area contributed by atoms with Crippen molar-refractivity contribution in [3.8, 4) is 11.8 Å². The van der Waals surface area contributed by atoms with E-state index in [1.807, 2.05) is 24.3 Å². The molecule has 1 rings (SSSR count). The van der Waals surface area contributed by atoms with Crippen LogP contribution in [-0.2, 0) is 11.3 Å². The zero-order valence-electron chi connectivity index (χ0n) is 8.99. The molecule has 0 amide bonds. The minimum Gasteiger partial charge on any atom is -0.384 e. The molecular weight excluding hydrogens is 188 g/mol. The third-order valence-corrected chi connectivity index (χ3v) is 1.88. The minimum absolute atomic E-state index is 0.0959. The van der Waals surface area contributed by atoms with E-state index in [0.29, 0.717) is 6.61 Å². The highest BCUT2D eigenvalue weighted by Gasteiger charge is 1.92. The maximum Gasteiger partial charge on any atom is 0.104 e. The third-order valence-electron chi connectivity index (χ3n) is 1.88. The van der Waals surface area contributed by atoms with Crippen molar-refractivity contribution in [3.63, 3.8) is 0 Å². The van der Waals surface area contributed by atoms with Crippen molar-refractivity contribution in [3.05, 3.63) is 35.4 Å². The van der Waals surface area contributed by atoms with E-state index in [4.69, 9.17) is 9.84 Å². The van der Waals surface area contributed by atoms with Gasteiger partial charge >= 0.3 is 0 Å². The molecule has 80 valence electrons. The zero-order valence-corrected chi connectivity index (χ0v) is 8.99. The van der Waals surface area contributed by atoms with Gasteiger partial charge in [-0.25, -0.2) is 0 Å². The van der Waals surface area contributed by atoms with E-state index in [0.717, 1.165) is 24.2 Å². The molecule has 15 heavy (non-hydrogen) atoms. The highest BCUT2D eigenvalue weighted by Crippen LogP contribution is 2.04. The molecule has 0 aliphatic rings. The summed E-state index contributed by atoms with van der Waals surface area (Å²) in [5.74, 6) is 5.46. The average molecular weight is 204 g/mol. The van der Waals surface area contributed by atoms with Crippen LogP contribution in [0.3, 0.4) is 0 Å². The molecule has 0 unspecified atom stereocenters. The average Bonchev–Trinajstić information content (AvgIpc) is 2.28. The van der Waals surface area contributed by atoms with Crippen molar-refractivity contribution in [2.45, 2.75) is 20.0 Å². The SMILES string of the molecule is CCCOCc1ccc(C#CCO)cc1. The summed E-state index contributed by atoms with van der Waals surface area (Å²) in [6.07, 6.45) is 1.04. The van der Waals surface area contributed by atoms with Gasteiger partial charge in [-0.1, -0.05) is 30.9 Å². The van der Waals surface area contributed by atoms with Gasteiger partial charge in [0.15, 0.2) is 0 Å². The molecule has 0 heterocycles. The first kappa shape index (κ1) is 11.8. The fourth-order valence-corrected chi connectivity index (χ4v) is 1.16. The van der Waals surface area contributed by atoms with Crippen molar-refractivity contribution in [2.75, 3.05) is 13.2 Å². The van der Waals surface area contributed by atoms with Crippen LogP contribution < -0.4 is 0 Å². The number of hydrogen-bond donors (Lipinski definition) is 1. The highest BCUT2D eigenvalue weighted by atomic mass is 16.5. The molecule has 0 spiro atoms. The molecule has 2 nitrogen and oxygen atoms in total. The van der Waals surface area contributed by atoms with Crippen LogP contribution >= 0.6 is 0 Å². The second-order valence-corrected chi connectivity index (χ2v) is 3.21. The molecule has 0 aliphatic heterocycles. The number of ether oxygens (including phenoxy) is 1. The van der Waals surface area contributed by atoms with Gasteiger partial charge in [0.05, 0.1) is 6.61 Å². The highest BCUT2D eigenvalue weighted by molar-refractivity contribution is 5.35. The van der Waals surface area contributed by atoms with Crippen molar-refractivity contribution < 1.29 is 9.84 Å². The Kier molecular flexibility index (Phi) is 5.54. The van der Waals surface area contributed by atoms with Gasteiger partial charge in [-0.3, -0.25) is 0 Å². The Labute approximate surface area is 90.9 Å². The molecule has 1 N–H and O–H groups in total. The number of aliphatic hydroxyl groups excluding tert-OH is 1. The number of aliphatic hydroxyl groups is 1. The standard InChI is InChI=1S/C13H16O2/c1-2-10-15-11-13-7-5-12(6-8-13)4-3-9-14/h5-8,14H,2,9-11H2,1H3. The first-order valence-electron chi connectivity index (χ1n) is 5.13. The second kappa shape index (κ2) is 7.05. The Bertz CT molecular complexity index is 330. The molecule has 0 atom stereocenters. The molecular formula is C13H16O2. The molecule has 0 fully saturated rings. The molecule has 0 saturated carbocycles. The summed E-state index contributed by atoms with van der Waals surface area (Å²) in [7, 11) is 0. The van der Waals surface area contributed by atoms with E-state index in [9.17, 15) is 0 Å². The molecule has 0 aliphatic carbocycles. The lowest BCUT2D eigenvalue weighted by Crippen LogP contribution is -1.93. The van der Waals surface area contributed by atoms with Gasteiger partial charge < -0.3 is 9.84 Å². The lowest BCUT2D eigenvalue weighted by Gasteiger charge is -2.02. The number of benzene rings is 1. The van der Waals surface area contributed by atoms with Crippen LogP contribution in [0.2, 0.25) is 0 Å². The van der Waals surface area contributed by atoms with Crippen molar-refractivity contribution >= 4 is 0 Å². The molecule has 1 aromatic carbocycles. The zero-order chi connectivity index (χ0) is 10.9. The summed E-state index contributed by atoms with van der Waals surface area (Å²) in [5, 5.41) is 8.53. The van der Waals surface area contributed by atoms with Gasteiger partial charge in [0.25, 0.3) is 0 Å².